The molecule has 1 aromatic carbocycles. The lowest BCUT2D eigenvalue weighted by molar-refractivity contribution is -0.126. The third-order valence-electron chi connectivity index (χ3n) is 6.57. The van der Waals surface area contributed by atoms with E-state index < -0.39 is 0 Å². The molecule has 4 rings (SSSR count). The van der Waals surface area contributed by atoms with Gasteiger partial charge in [0, 0.05) is 44.8 Å². The van der Waals surface area contributed by atoms with Crippen LogP contribution in [0.4, 0.5) is 0 Å². The van der Waals surface area contributed by atoms with E-state index in [0.717, 1.165) is 67.7 Å². The van der Waals surface area contributed by atoms with E-state index in [-0.39, 0.29) is 23.8 Å². The first-order chi connectivity index (χ1) is 16.0. The highest BCUT2D eigenvalue weighted by molar-refractivity contribution is 5.79. The molecule has 1 saturated heterocycles. The summed E-state index contributed by atoms with van der Waals surface area (Å²) in [4.78, 5) is 15.2. The van der Waals surface area contributed by atoms with Gasteiger partial charge in [-0.1, -0.05) is 26.0 Å². The Bertz CT molecular complexity index is 954. The molecule has 0 aliphatic carbocycles. The number of nitrogens with one attached hydrogen (secondary N) is 1. The molecular weight excluding hydrogens is 422 g/mol. The van der Waals surface area contributed by atoms with Crippen LogP contribution in [0.5, 0.6) is 11.5 Å². The van der Waals surface area contributed by atoms with Gasteiger partial charge in [0.15, 0.2) is 17.3 Å². The van der Waals surface area contributed by atoms with Gasteiger partial charge in [-0.25, -0.2) is 0 Å². The van der Waals surface area contributed by atoms with Gasteiger partial charge in [0.25, 0.3) is 0 Å². The zero-order valence-electron chi connectivity index (χ0n) is 20.0. The maximum Gasteiger partial charge on any atom is 0.226 e. The third-order valence-corrected chi connectivity index (χ3v) is 6.57. The molecule has 1 N–H and O–H groups in total. The summed E-state index contributed by atoms with van der Waals surface area (Å²) in [7, 11) is 3.33. The van der Waals surface area contributed by atoms with Crippen LogP contribution in [0, 0.1) is 11.8 Å². The van der Waals surface area contributed by atoms with Gasteiger partial charge in [0.1, 0.15) is 5.82 Å². The lowest BCUT2D eigenvalue weighted by Gasteiger charge is -2.24. The predicted octanol–water partition coefficient (Wildman–Crippen LogP) is 2.20. The van der Waals surface area contributed by atoms with Crippen LogP contribution in [0.3, 0.4) is 0 Å². The molecule has 0 radical (unpaired) electrons. The van der Waals surface area contributed by atoms with Crippen molar-refractivity contribution in [2.75, 3.05) is 40.5 Å². The number of nitrogens with zero attached hydrogens (tertiary/aromatic N) is 4. The fraction of sp³-hybridized carbons (Fsp3) is 0.625. The number of amides is 1. The van der Waals surface area contributed by atoms with Crippen LogP contribution in [0.2, 0.25) is 0 Å². The molecule has 33 heavy (non-hydrogen) atoms. The topological polar surface area (TPSA) is 90.7 Å². The first kappa shape index (κ1) is 23.5. The molecule has 2 aliphatic rings. The fourth-order valence-electron chi connectivity index (χ4n) is 4.64. The van der Waals surface area contributed by atoms with E-state index in [2.05, 4.69) is 44.9 Å². The number of hydrogen-bond acceptors (Lipinski definition) is 7. The Balaban J connectivity index is 1.47. The molecule has 3 heterocycles. The van der Waals surface area contributed by atoms with Crippen molar-refractivity contribution in [1.29, 1.82) is 0 Å². The van der Waals surface area contributed by atoms with Crippen LogP contribution >= 0.6 is 0 Å². The van der Waals surface area contributed by atoms with E-state index in [9.17, 15) is 4.79 Å². The molecule has 2 unspecified atom stereocenters. The average Bonchev–Trinajstić information content (AvgIpc) is 3.45. The number of fused-ring (bicyclic) bond motifs is 1. The number of methoxy groups -OCH3 is 2. The zero-order valence-corrected chi connectivity index (χ0v) is 20.0. The molecule has 0 saturated carbocycles. The van der Waals surface area contributed by atoms with Gasteiger partial charge < -0.3 is 24.1 Å². The number of ether oxygens (including phenoxy) is 3. The van der Waals surface area contributed by atoms with Crippen LogP contribution in [0.15, 0.2) is 18.2 Å². The summed E-state index contributed by atoms with van der Waals surface area (Å²) in [5.74, 6) is 3.50. The van der Waals surface area contributed by atoms with E-state index in [1.54, 1.807) is 14.2 Å². The van der Waals surface area contributed by atoms with Crippen molar-refractivity contribution in [3.8, 4) is 11.5 Å². The molecule has 2 atom stereocenters. The van der Waals surface area contributed by atoms with Gasteiger partial charge in [-0.3, -0.25) is 9.69 Å². The molecule has 0 bridgehead atoms. The summed E-state index contributed by atoms with van der Waals surface area (Å²) in [5, 5.41) is 12.2. The smallest absolute Gasteiger partial charge is 0.226 e. The standard InChI is InChI=1S/C24H35N5O4/c1-16(2)21(25-24(30)18-9-13-33-15-18)23-27-26-20-8-10-28(11-12-29(20)23)14-17-6-5-7-19(31-3)22(17)32-4/h5-7,16,18,21H,8-15H2,1-4H3,(H,25,30). The third kappa shape index (κ3) is 5.14. The summed E-state index contributed by atoms with van der Waals surface area (Å²) >= 11 is 0. The minimum absolute atomic E-state index is 0.0453. The SMILES string of the molecule is COc1cccc(CN2CCc3nnc(C(NC(=O)C4CCOC4)C(C)C)n3CC2)c1OC. The van der Waals surface area contributed by atoms with Crippen molar-refractivity contribution in [2.45, 2.75) is 45.8 Å². The number of rotatable bonds is 8. The summed E-state index contributed by atoms with van der Waals surface area (Å²) in [6.07, 6.45) is 1.58. The summed E-state index contributed by atoms with van der Waals surface area (Å²) in [5.41, 5.74) is 1.10. The molecule has 0 spiro atoms. The van der Waals surface area contributed by atoms with Crippen LogP contribution < -0.4 is 14.8 Å². The molecule has 9 nitrogen and oxygen atoms in total. The van der Waals surface area contributed by atoms with Gasteiger partial charge in [0.05, 0.1) is 32.8 Å². The van der Waals surface area contributed by atoms with Crippen molar-refractivity contribution in [2.24, 2.45) is 11.8 Å². The minimum atomic E-state index is -0.177. The molecule has 1 amide bonds. The van der Waals surface area contributed by atoms with Gasteiger partial charge >= 0.3 is 0 Å². The highest BCUT2D eigenvalue weighted by Gasteiger charge is 2.31. The van der Waals surface area contributed by atoms with E-state index in [1.807, 2.05) is 12.1 Å². The quantitative estimate of drug-likeness (QED) is 0.650. The van der Waals surface area contributed by atoms with Gasteiger partial charge in [-0.15, -0.1) is 10.2 Å². The predicted molar refractivity (Wildman–Crippen MR) is 123 cm³/mol. The van der Waals surface area contributed by atoms with E-state index in [1.165, 1.54) is 0 Å². The second-order valence-corrected chi connectivity index (χ2v) is 9.10. The van der Waals surface area contributed by atoms with E-state index in [4.69, 9.17) is 14.2 Å². The average molecular weight is 458 g/mol. The number of carbonyl (C=O) groups is 1. The van der Waals surface area contributed by atoms with Crippen LogP contribution in [0.1, 0.15) is 43.5 Å². The second-order valence-electron chi connectivity index (χ2n) is 9.10. The Hall–Kier alpha value is -2.65. The highest BCUT2D eigenvalue weighted by atomic mass is 16.5. The fourth-order valence-corrected chi connectivity index (χ4v) is 4.64. The Morgan fingerprint density at radius 3 is 2.76 bits per heavy atom. The second kappa shape index (κ2) is 10.5. The van der Waals surface area contributed by atoms with Crippen LogP contribution in [-0.4, -0.2) is 66.1 Å². The summed E-state index contributed by atoms with van der Waals surface area (Å²) in [6, 6.07) is 5.81. The minimum Gasteiger partial charge on any atom is -0.493 e. The van der Waals surface area contributed by atoms with Gasteiger partial charge in [0.2, 0.25) is 5.91 Å². The van der Waals surface area contributed by atoms with Crippen molar-refractivity contribution in [1.82, 2.24) is 25.0 Å². The largest absolute Gasteiger partial charge is 0.493 e. The molecule has 1 aromatic heterocycles. The number of aromatic nitrogens is 3. The Morgan fingerprint density at radius 1 is 1.21 bits per heavy atom. The summed E-state index contributed by atoms with van der Waals surface area (Å²) < 4.78 is 18.7. The van der Waals surface area contributed by atoms with Crippen molar-refractivity contribution in [3.05, 3.63) is 35.4 Å². The zero-order chi connectivity index (χ0) is 23.4. The molecule has 2 aromatic rings. The lowest BCUT2D eigenvalue weighted by Crippen LogP contribution is -2.38. The monoisotopic (exact) mass is 457 g/mol. The maximum atomic E-state index is 12.8. The van der Waals surface area contributed by atoms with E-state index in [0.29, 0.717) is 13.2 Å². The number of para-hydroxylation sites is 1. The maximum absolute atomic E-state index is 12.8. The van der Waals surface area contributed by atoms with Crippen molar-refractivity contribution >= 4 is 5.91 Å². The lowest BCUT2D eigenvalue weighted by atomic mass is 10.0. The molecule has 180 valence electrons. The normalized spacial score (nSPS) is 19.7. The first-order valence-electron chi connectivity index (χ1n) is 11.7. The highest BCUT2D eigenvalue weighted by Crippen LogP contribution is 2.32. The Kier molecular flexibility index (Phi) is 7.49. The van der Waals surface area contributed by atoms with Crippen molar-refractivity contribution < 1.29 is 19.0 Å². The van der Waals surface area contributed by atoms with Gasteiger partial charge in [-0.2, -0.15) is 0 Å². The number of carbonyl (C=O) groups excluding carboxylic acids is 1. The van der Waals surface area contributed by atoms with Gasteiger partial charge in [-0.05, 0) is 18.4 Å². The first-order valence-corrected chi connectivity index (χ1v) is 11.7. The Labute approximate surface area is 195 Å². The summed E-state index contributed by atoms with van der Waals surface area (Å²) in [6.45, 7) is 8.63. The van der Waals surface area contributed by atoms with Crippen molar-refractivity contribution in [3.63, 3.8) is 0 Å². The molecule has 1 fully saturated rings. The van der Waals surface area contributed by atoms with Crippen LogP contribution in [0.25, 0.3) is 0 Å². The molecular formula is C24H35N5O4. The number of hydrogen-bond donors (Lipinski definition) is 1. The van der Waals surface area contributed by atoms with E-state index >= 15 is 0 Å². The Morgan fingerprint density at radius 2 is 2.06 bits per heavy atom. The number of benzene rings is 1. The molecule has 2 aliphatic heterocycles. The van der Waals surface area contributed by atoms with Crippen LogP contribution in [-0.2, 0) is 29.0 Å². The molecule has 9 heteroatoms.